The minimum atomic E-state index is -0.721. The summed E-state index contributed by atoms with van der Waals surface area (Å²) >= 11 is 4.42. The van der Waals surface area contributed by atoms with Crippen molar-refractivity contribution >= 4 is 33.0 Å². The number of hydrogen-bond donors (Lipinski definition) is 2. The molecule has 0 amide bonds. The summed E-state index contributed by atoms with van der Waals surface area (Å²) in [5.74, 6) is -0.401. The number of fused-ring (bicyclic) bond motifs is 1. The number of hydrogen-bond acceptors (Lipinski definition) is 6. The number of aryl methyl sites for hydroxylation is 1. The van der Waals surface area contributed by atoms with Gasteiger partial charge in [-0.15, -0.1) is 11.3 Å². The molecule has 0 radical (unpaired) electrons. The van der Waals surface area contributed by atoms with Gasteiger partial charge in [-0.05, 0) is 47.2 Å². The number of nitrogen functional groups attached to an aromatic ring is 1. The van der Waals surface area contributed by atoms with Gasteiger partial charge >= 0.3 is 0 Å². The van der Waals surface area contributed by atoms with E-state index in [1.807, 2.05) is 0 Å². The lowest BCUT2D eigenvalue weighted by Gasteiger charge is -2.11. The highest BCUT2D eigenvalue weighted by atomic mass is 79.9. The minimum Gasteiger partial charge on any atom is -0.493 e. The van der Waals surface area contributed by atoms with Crippen molar-refractivity contribution in [3.63, 3.8) is 0 Å². The smallest absolute Gasteiger partial charge is 0.278 e. The number of anilines is 1. The maximum absolute atomic E-state index is 12.6. The van der Waals surface area contributed by atoms with Gasteiger partial charge < -0.3 is 10.8 Å². The lowest BCUT2D eigenvalue weighted by molar-refractivity contribution is 0.433. The van der Waals surface area contributed by atoms with Crippen LogP contribution in [-0.2, 0) is 12.8 Å². The zero-order chi connectivity index (χ0) is 16.7. The first-order chi connectivity index (χ1) is 11.0. The van der Waals surface area contributed by atoms with Gasteiger partial charge in [0, 0.05) is 4.88 Å². The molecule has 0 spiro atoms. The van der Waals surface area contributed by atoms with Crippen molar-refractivity contribution in [3.05, 3.63) is 36.4 Å². The largest absolute Gasteiger partial charge is 0.493 e. The Bertz CT molecular complexity index is 962. The van der Waals surface area contributed by atoms with Gasteiger partial charge in [-0.3, -0.25) is 4.79 Å². The number of rotatable bonds is 1. The molecule has 3 rings (SSSR count). The number of halogens is 1. The fraction of sp³-hybridized carbons (Fsp3) is 0.267. The van der Waals surface area contributed by atoms with Gasteiger partial charge in [-0.2, -0.15) is 10.5 Å². The fourth-order valence-corrected chi connectivity index (χ4v) is 4.49. The summed E-state index contributed by atoms with van der Waals surface area (Å²) in [7, 11) is 0. The molecule has 0 bridgehead atoms. The van der Waals surface area contributed by atoms with Gasteiger partial charge in [0.25, 0.3) is 5.56 Å². The highest BCUT2D eigenvalue weighted by molar-refractivity contribution is 9.10. The van der Waals surface area contributed by atoms with Crippen LogP contribution in [0, 0.1) is 22.7 Å². The second-order valence-electron chi connectivity index (χ2n) is 5.18. The van der Waals surface area contributed by atoms with Crippen LogP contribution in [0.15, 0.2) is 9.27 Å². The Morgan fingerprint density at radius 1 is 1.22 bits per heavy atom. The molecule has 0 aromatic carbocycles. The van der Waals surface area contributed by atoms with Gasteiger partial charge in [0.15, 0.2) is 0 Å². The van der Waals surface area contributed by atoms with E-state index in [-0.39, 0.29) is 15.7 Å². The lowest BCUT2D eigenvalue weighted by atomic mass is 9.96. The van der Waals surface area contributed by atoms with Crippen molar-refractivity contribution in [1.82, 2.24) is 4.57 Å². The van der Waals surface area contributed by atoms with Gasteiger partial charge in [0.1, 0.15) is 27.2 Å². The van der Waals surface area contributed by atoms with Crippen LogP contribution in [0.1, 0.15) is 34.4 Å². The summed E-state index contributed by atoms with van der Waals surface area (Å²) in [4.78, 5) is 13.6. The first-order valence-electron chi connectivity index (χ1n) is 6.89. The molecule has 6 nitrogen and oxygen atoms in total. The maximum Gasteiger partial charge on any atom is 0.278 e. The number of nitrogens with two attached hydrogens (primary N) is 1. The first-order valence-corrected chi connectivity index (χ1v) is 8.50. The molecule has 0 saturated carbocycles. The topological polar surface area (TPSA) is 116 Å². The molecule has 3 N–H and O–H groups in total. The number of aromatic nitrogens is 1. The Kier molecular flexibility index (Phi) is 3.88. The predicted octanol–water partition coefficient (Wildman–Crippen LogP) is 2.57. The SMILES string of the molecule is N#Cc1c(-n2c(O)c(Br)c(N)c(C#N)c2=O)sc2c1CCCC2. The molecule has 0 atom stereocenters. The number of nitrogens with zero attached hydrogens (tertiary/aromatic N) is 3. The van der Waals surface area contributed by atoms with Crippen molar-refractivity contribution < 1.29 is 5.11 Å². The van der Waals surface area contributed by atoms with Crippen LogP contribution >= 0.6 is 27.3 Å². The van der Waals surface area contributed by atoms with Crippen molar-refractivity contribution in [3.8, 4) is 23.0 Å². The molecule has 1 aliphatic rings. The molecule has 0 unspecified atom stereocenters. The first kappa shape index (κ1) is 15.6. The molecular formula is C15H11BrN4O2S. The Morgan fingerprint density at radius 2 is 1.87 bits per heavy atom. The molecule has 0 aliphatic heterocycles. The average molecular weight is 391 g/mol. The summed E-state index contributed by atoms with van der Waals surface area (Å²) in [5, 5.41) is 29.4. The van der Waals surface area contributed by atoms with E-state index >= 15 is 0 Å². The average Bonchev–Trinajstić information content (AvgIpc) is 2.91. The van der Waals surface area contributed by atoms with Crippen LogP contribution < -0.4 is 11.3 Å². The summed E-state index contributed by atoms with van der Waals surface area (Å²) in [6.45, 7) is 0. The van der Waals surface area contributed by atoms with Crippen LogP contribution in [0.5, 0.6) is 5.88 Å². The van der Waals surface area contributed by atoms with Crippen molar-refractivity contribution in [2.75, 3.05) is 5.73 Å². The molecule has 0 fully saturated rings. The molecular weight excluding hydrogens is 380 g/mol. The van der Waals surface area contributed by atoms with Crippen LogP contribution in [-0.4, -0.2) is 9.67 Å². The van der Waals surface area contributed by atoms with Crippen molar-refractivity contribution in [1.29, 1.82) is 10.5 Å². The molecule has 2 aromatic rings. The van der Waals surface area contributed by atoms with E-state index in [0.717, 1.165) is 40.7 Å². The molecule has 116 valence electrons. The molecule has 8 heteroatoms. The standard InChI is InChI=1S/C15H11BrN4O2S/c16-11-12(19)9(6-18)13(21)20(14(11)22)15-8(5-17)7-3-1-2-4-10(7)23-15/h22H,1-4,19H2. The van der Waals surface area contributed by atoms with Crippen LogP contribution in [0.3, 0.4) is 0 Å². The van der Waals surface area contributed by atoms with Gasteiger partial charge in [0.05, 0.1) is 11.3 Å². The van der Waals surface area contributed by atoms with Gasteiger partial charge in [-0.1, -0.05) is 0 Å². The second kappa shape index (κ2) is 5.73. The number of aromatic hydroxyl groups is 1. The number of nitriles is 2. The number of thiophene rings is 1. The predicted molar refractivity (Wildman–Crippen MR) is 89.8 cm³/mol. The molecule has 1 aliphatic carbocycles. The summed E-state index contributed by atoms with van der Waals surface area (Å²) in [6.07, 6.45) is 3.66. The Hall–Kier alpha value is -2.29. The van der Waals surface area contributed by atoms with Crippen molar-refractivity contribution in [2.45, 2.75) is 25.7 Å². The fourth-order valence-electron chi connectivity index (χ4n) is 2.77. The van der Waals surface area contributed by atoms with E-state index in [9.17, 15) is 15.2 Å². The zero-order valence-corrected chi connectivity index (χ0v) is 14.3. The van der Waals surface area contributed by atoms with Crippen molar-refractivity contribution in [2.24, 2.45) is 0 Å². The Balaban J connectivity index is 2.40. The van der Waals surface area contributed by atoms with Gasteiger partial charge in [0.2, 0.25) is 5.88 Å². The van der Waals surface area contributed by atoms with E-state index in [2.05, 4.69) is 22.0 Å². The quantitative estimate of drug-likeness (QED) is 0.775. The third-order valence-electron chi connectivity index (χ3n) is 3.91. The normalized spacial score (nSPS) is 13.2. The van der Waals surface area contributed by atoms with E-state index in [1.165, 1.54) is 11.3 Å². The molecule has 2 heterocycles. The van der Waals surface area contributed by atoms with E-state index in [4.69, 9.17) is 11.0 Å². The highest BCUT2D eigenvalue weighted by Gasteiger charge is 2.26. The third kappa shape index (κ3) is 2.23. The number of pyridine rings is 1. The minimum absolute atomic E-state index is 0.0731. The van der Waals surface area contributed by atoms with Crippen LogP contribution in [0.25, 0.3) is 5.00 Å². The van der Waals surface area contributed by atoms with E-state index in [0.29, 0.717) is 10.6 Å². The molecule has 2 aromatic heterocycles. The summed E-state index contributed by atoms with van der Waals surface area (Å²) in [5.41, 5.74) is 5.95. The second-order valence-corrected chi connectivity index (χ2v) is 7.06. The van der Waals surface area contributed by atoms with Crippen LogP contribution in [0.2, 0.25) is 0 Å². The zero-order valence-electron chi connectivity index (χ0n) is 11.9. The monoisotopic (exact) mass is 390 g/mol. The van der Waals surface area contributed by atoms with E-state index < -0.39 is 11.4 Å². The molecule has 0 saturated heterocycles. The Morgan fingerprint density at radius 3 is 2.52 bits per heavy atom. The lowest BCUT2D eigenvalue weighted by Crippen LogP contribution is -2.23. The van der Waals surface area contributed by atoms with Crippen LogP contribution in [0.4, 0.5) is 5.69 Å². The molecule has 23 heavy (non-hydrogen) atoms. The summed E-state index contributed by atoms with van der Waals surface area (Å²) < 4.78 is 1.07. The van der Waals surface area contributed by atoms with Gasteiger partial charge in [-0.25, -0.2) is 4.57 Å². The Labute approximate surface area is 144 Å². The highest BCUT2D eigenvalue weighted by Crippen LogP contribution is 2.39. The van der Waals surface area contributed by atoms with E-state index in [1.54, 1.807) is 6.07 Å². The maximum atomic E-state index is 12.6. The summed E-state index contributed by atoms with van der Waals surface area (Å²) in [6, 6.07) is 3.90. The third-order valence-corrected chi connectivity index (χ3v) is 5.97.